The van der Waals surface area contributed by atoms with Crippen LogP contribution in [0.5, 0.6) is 0 Å². The van der Waals surface area contributed by atoms with Crippen LogP contribution in [0.25, 0.3) is 21.7 Å². The van der Waals surface area contributed by atoms with Crippen molar-refractivity contribution < 1.29 is 0 Å². The molecule has 0 fully saturated rings. The van der Waals surface area contributed by atoms with Gasteiger partial charge < -0.3 is 4.57 Å². The van der Waals surface area contributed by atoms with Crippen molar-refractivity contribution in [3.63, 3.8) is 0 Å². The van der Waals surface area contributed by atoms with Crippen LogP contribution in [-0.4, -0.2) is 4.57 Å². The second-order valence-corrected chi connectivity index (χ2v) is 8.51. The van der Waals surface area contributed by atoms with E-state index in [1.807, 2.05) is 48.5 Å². The SMILES string of the molecule is S=c1sc(-c2ccccc2)c(-c2ccccc2)n1Cc1cccc(Cl)c1Cl. The van der Waals surface area contributed by atoms with Crippen molar-refractivity contribution in [1.82, 2.24) is 4.57 Å². The molecule has 5 heteroatoms. The minimum absolute atomic E-state index is 0.556. The highest BCUT2D eigenvalue weighted by Gasteiger charge is 2.17. The number of hydrogen-bond acceptors (Lipinski definition) is 2. The number of rotatable bonds is 4. The van der Waals surface area contributed by atoms with Crippen molar-refractivity contribution in [3.8, 4) is 21.7 Å². The summed E-state index contributed by atoms with van der Waals surface area (Å²) in [5.74, 6) is 0. The van der Waals surface area contributed by atoms with Crippen LogP contribution in [0.1, 0.15) is 5.56 Å². The van der Waals surface area contributed by atoms with Crippen molar-refractivity contribution >= 4 is 46.8 Å². The number of halogens is 2. The van der Waals surface area contributed by atoms with E-state index >= 15 is 0 Å². The minimum Gasteiger partial charge on any atom is -0.318 e. The Bertz CT molecular complexity index is 1130. The van der Waals surface area contributed by atoms with E-state index in [4.69, 9.17) is 35.4 Å². The van der Waals surface area contributed by atoms with E-state index in [0.29, 0.717) is 16.6 Å². The molecule has 4 rings (SSSR count). The normalized spacial score (nSPS) is 10.9. The highest BCUT2D eigenvalue weighted by atomic mass is 35.5. The Morgan fingerprint density at radius 1 is 0.778 bits per heavy atom. The van der Waals surface area contributed by atoms with E-state index in [1.54, 1.807) is 17.4 Å². The smallest absolute Gasteiger partial charge is 0.162 e. The summed E-state index contributed by atoms with van der Waals surface area (Å²) in [4.78, 5) is 1.16. The third-order valence-electron chi connectivity index (χ3n) is 4.34. The molecular weight excluding hydrogens is 413 g/mol. The number of benzene rings is 3. The topological polar surface area (TPSA) is 4.93 Å². The lowest BCUT2D eigenvalue weighted by Crippen LogP contribution is -2.03. The standard InChI is InChI=1S/C22H15Cl2NS2/c23-18-13-7-12-17(19(18)24)14-25-20(15-8-3-1-4-9-15)21(27-22(25)26)16-10-5-2-6-11-16/h1-13H,14H2. The Labute approximate surface area is 177 Å². The van der Waals surface area contributed by atoms with Gasteiger partial charge in [0.25, 0.3) is 0 Å². The van der Waals surface area contributed by atoms with Crippen molar-refractivity contribution in [3.05, 3.63) is 98.4 Å². The van der Waals surface area contributed by atoms with Gasteiger partial charge in [0.15, 0.2) is 3.95 Å². The maximum atomic E-state index is 6.44. The molecule has 0 radical (unpaired) electrons. The van der Waals surface area contributed by atoms with Gasteiger partial charge in [0.2, 0.25) is 0 Å². The van der Waals surface area contributed by atoms with Crippen molar-refractivity contribution in [1.29, 1.82) is 0 Å². The molecule has 134 valence electrons. The molecule has 0 aliphatic carbocycles. The molecule has 0 saturated heterocycles. The van der Waals surface area contributed by atoms with Crippen LogP contribution in [0.3, 0.4) is 0 Å². The molecule has 3 aromatic carbocycles. The average molecular weight is 428 g/mol. The predicted molar refractivity (Wildman–Crippen MR) is 120 cm³/mol. The third-order valence-corrected chi connectivity index (χ3v) is 6.69. The molecule has 1 nitrogen and oxygen atoms in total. The quantitative estimate of drug-likeness (QED) is 0.299. The van der Waals surface area contributed by atoms with Crippen molar-refractivity contribution in [2.24, 2.45) is 0 Å². The summed E-state index contributed by atoms with van der Waals surface area (Å²) in [5, 5.41) is 1.13. The fourth-order valence-electron chi connectivity index (χ4n) is 3.06. The Morgan fingerprint density at radius 3 is 2.07 bits per heavy atom. The molecule has 0 aliphatic heterocycles. The van der Waals surface area contributed by atoms with Gasteiger partial charge in [-0.15, -0.1) is 11.3 Å². The van der Waals surface area contributed by atoms with Crippen LogP contribution in [0.15, 0.2) is 78.9 Å². The first kappa shape index (κ1) is 18.5. The number of aromatic nitrogens is 1. The summed E-state index contributed by atoms with van der Waals surface area (Å²) in [5.41, 5.74) is 4.34. The Hall–Kier alpha value is -1.91. The summed E-state index contributed by atoms with van der Waals surface area (Å²) < 4.78 is 2.96. The van der Waals surface area contributed by atoms with Crippen LogP contribution in [-0.2, 0) is 6.54 Å². The van der Waals surface area contributed by atoms with E-state index in [2.05, 4.69) is 28.8 Å². The maximum Gasteiger partial charge on any atom is 0.162 e. The summed E-state index contributed by atoms with van der Waals surface area (Å²) in [6.45, 7) is 0.575. The summed E-state index contributed by atoms with van der Waals surface area (Å²) in [7, 11) is 0. The Balaban J connectivity index is 1.93. The summed E-state index contributed by atoms with van der Waals surface area (Å²) in [6.07, 6.45) is 0. The van der Waals surface area contributed by atoms with Gasteiger partial charge in [0, 0.05) is 0 Å². The zero-order valence-electron chi connectivity index (χ0n) is 14.2. The van der Waals surface area contributed by atoms with E-state index in [9.17, 15) is 0 Å². The molecule has 27 heavy (non-hydrogen) atoms. The number of thiazole rings is 1. The average Bonchev–Trinajstić information content (AvgIpc) is 3.03. The first-order valence-corrected chi connectivity index (χ1v) is 10.4. The first-order chi connectivity index (χ1) is 13.1. The van der Waals surface area contributed by atoms with E-state index < -0.39 is 0 Å². The van der Waals surface area contributed by atoms with Crippen molar-refractivity contribution in [2.45, 2.75) is 6.54 Å². The second kappa shape index (κ2) is 7.99. The largest absolute Gasteiger partial charge is 0.318 e. The van der Waals surface area contributed by atoms with Gasteiger partial charge >= 0.3 is 0 Å². The molecular formula is C22H15Cl2NS2. The van der Waals surface area contributed by atoms with Crippen molar-refractivity contribution in [2.75, 3.05) is 0 Å². The molecule has 0 atom stereocenters. The van der Waals surface area contributed by atoms with Crippen LogP contribution >= 0.6 is 46.8 Å². The Kier molecular flexibility index (Phi) is 5.46. The van der Waals surface area contributed by atoms with Gasteiger partial charge in [0.1, 0.15) is 0 Å². The molecule has 0 amide bonds. The lowest BCUT2D eigenvalue weighted by molar-refractivity contribution is 0.809. The van der Waals surface area contributed by atoms with Crippen LogP contribution in [0.4, 0.5) is 0 Å². The highest BCUT2D eigenvalue weighted by molar-refractivity contribution is 7.73. The zero-order chi connectivity index (χ0) is 18.8. The van der Waals surface area contributed by atoms with E-state index in [0.717, 1.165) is 31.2 Å². The third kappa shape index (κ3) is 3.74. The van der Waals surface area contributed by atoms with Crippen LogP contribution in [0.2, 0.25) is 10.0 Å². The van der Waals surface area contributed by atoms with E-state index in [1.165, 1.54) is 0 Å². The molecule has 0 aliphatic rings. The number of hydrogen-bond donors (Lipinski definition) is 0. The summed E-state index contributed by atoms with van der Waals surface area (Å²) in [6, 6.07) is 26.4. The van der Waals surface area contributed by atoms with Crippen LogP contribution < -0.4 is 0 Å². The van der Waals surface area contributed by atoms with Gasteiger partial charge in [0.05, 0.1) is 27.2 Å². The van der Waals surface area contributed by atoms with E-state index in [-0.39, 0.29) is 0 Å². The number of nitrogens with zero attached hydrogens (tertiary/aromatic N) is 1. The molecule has 0 spiro atoms. The fourth-order valence-corrected chi connectivity index (χ4v) is 4.86. The molecule has 0 unspecified atom stereocenters. The lowest BCUT2D eigenvalue weighted by atomic mass is 10.1. The molecule has 1 aromatic heterocycles. The zero-order valence-corrected chi connectivity index (χ0v) is 17.4. The molecule has 0 saturated carbocycles. The monoisotopic (exact) mass is 427 g/mol. The molecule has 1 heterocycles. The summed E-state index contributed by atoms with van der Waals surface area (Å²) >= 11 is 20.0. The van der Waals surface area contributed by atoms with Gasteiger partial charge in [-0.2, -0.15) is 0 Å². The molecule has 0 N–H and O–H groups in total. The molecule has 4 aromatic rings. The van der Waals surface area contributed by atoms with Gasteiger partial charge in [-0.1, -0.05) is 96.0 Å². The Morgan fingerprint density at radius 2 is 1.41 bits per heavy atom. The van der Waals surface area contributed by atoms with Gasteiger partial charge in [-0.05, 0) is 35.0 Å². The predicted octanol–water partition coefficient (Wildman–Crippen LogP) is 7.97. The van der Waals surface area contributed by atoms with Crippen LogP contribution in [0, 0.1) is 3.95 Å². The lowest BCUT2D eigenvalue weighted by Gasteiger charge is -2.13. The fraction of sp³-hybridized carbons (Fsp3) is 0.0455. The van der Waals surface area contributed by atoms with Gasteiger partial charge in [-0.25, -0.2) is 0 Å². The minimum atomic E-state index is 0.556. The highest BCUT2D eigenvalue weighted by Crippen LogP contribution is 2.39. The second-order valence-electron chi connectivity index (χ2n) is 6.08. The molecule has 0 bridgehead atoms. The van der Waals surface area contributed by atoms with Gasteiger partial charge in [-0.3, -0.25) is 0 Å². The maximum absolute atomic E-state index is 6.44. The first-order valence-electron chi connectivity index (χ1n) is 8.42.